The van der Waals surface area contributed by atoms with Crippen LogP contribution in [-0.4, -0.2) is 16.5 Å². The number of hydrogen-bond donors (Lipinski definition) is 2. The molecule has 0 aliphatic carbocycles. The maximum atomic E-state index is 10.6. The number of aldehydes is 1. The zero-order valence-corrected chi connectivity index (χ0v) is 8.53. The summed E-state index contributed by atoms with van der Waals surface area (Å²) in [5, 5.41) is 19.0. The minimum absolute atomic E-state index is 0.00479. The molecule has 14 heavy (non-hydrogen) atoms. The molecule has 76 valence electrons. The van der Waals surface area contributed by atoms with Crippen molar-refractivity contribution >= 4 is 6.29 Å². The maximum Gasteiger partial charge on any atom is 0.153 e. The molecule has 0 saturated heterocycles. The molecule has 0 fully saturated rings. The third-order valence-corrected chi connectivity index (χ3v) is 2.06. The quantitative estimate of drug-likeness (QED) is 0.532. The van der Waals surface area contributed by atoms with Gasteiger partial charge in [-0.25, -0.2) is 0 Å². The Morgan fingerprint density at radius 2 is 1.79 bits per heavy atom. The molecule has 1 aromatic rings. The first-order valence-corrected chi connectivity index (χ1v) is 4.38. The van der Waals surface area contributed by atoms with Gasteiger partial charge in [0, 0.05) is 5.56 Å². The number of benzene rings is 1. The lowest BCUT2D eigenvalue weighted by Crippen LogP contribution is -2.11. The molecule has 2 N–H and O–H groups in total. The lowest BCUT2D eigenvalue weighted by molar-refractivity contribution is 0.112. The Morgan fingerprint density at radius 3 is 2.21 bits per heavy atom. The first kappa shape index (κ1) is 10.6. The van der Waals surface area contributed by atoms with Gasteiger partial charge >= 0.3 is 0 Å². The minimum Gasteiger partial charge on any atom is -0.508 e. The fraction of sp³-hybridized carbons (Fsp3) is 0.364. The van der Waals surface area contributed by atoms with Crippen LogP contribution in [0, 0.1) is 0 Å². The summed E-state index contributed by atoms with van der Waals surface area (Å²) >= 11 is 0. The number of aromatic hydroxyl groups is 2. The molecular formula is C11H14O3. The summed E-state index contributed by atoms with van der Waals surface area (Å²) in [6.45, 7) is 5.70. The fourth-order valence-corrected chi connectivity index (χ4v) is 1.30. The van der Waals surface area contributed by atoms with E-state index in [1.165, 1.54) is 12.1 Å². The highest BCUT2D eigenvalue weighted by Crippen LogP contribution is 2.35. The first-order chi connectivity index (χ1) is 6.36. The van der Waals surface area contributed by atoms with E-state index in [2.05, 4.69) is 0 Å². The van der Waals surface area contributed by atoms with E-state index in [9.17, 15) is 15.0 Å². The van der Waals surface area contributed by atoms with Crippen molar-refractivity contribution in [2.45, 2.75) is 26.2 Å². The van der Waals surface area contributed by atoms with Crippen molar-refractivity contribution in [1.29, 1.82) is 0 Å². The van der Waals surface area contributed by atoms with Gasteiger partial charge in [0.05, 0.1) is 5.56 Å². The van der Waals surface area contributed by atoms with Gasteiger partial charge in [-0.15, -0.1) is 0 Å². The molecule has 0 heterocycles. The number of carbonyl (C=O) groups excluding carboxylic acids is 1. The van der Waals surface area contributed by atoms with Crippen molar-refractivity contribution < 1.29 is 15.0 Å². The fourth-order valence-electron chi connectivity index (χ4n) is 1.30. The summed E-state index contributed by atoms with van der Waals surface area (Å²) in [6, 6.07) is 2.72. The normalized spacial score (nSPS) is 11.4. The molecular weight excluding hydrogens is 180 g/mol. The second-order valence-corrected chi connectivity index (χ2v) is 4.30. The summed E-state index contributed by atoms with van der Waals surface area (Å²) in [7, 11) is 0. The van der Waals surface area contributed by atoms with E-state index < -0.39 is 0 Å². The monoisotopic (exact) mass is 194 g/mol. The molecule has 0 aromatic heterocycles. The van der Waals surface area contributed by atoms with Crippen molar-refractivity contribution in [3.05, 3.63) is 23.3 Å². The second-order valence-electron chi connectivity index (χ2n) is 4.30. The van der Waals surface area contributed by atoms with Gasteiger partial charge in [0.2, 0.25) is 0 Å². The van der Waals surface area contributed by atoms with E-state index in [4.69, 9.17) is 0 Å². The van der Waals surface area contributed by atoms with Crippen LogP contribution in [0.1, 0.15) is 36.7 Å². The zero-order valence-electron chi connectivity index (χ0n) is 8.53. The van der Waals surface area contributed by atoms with Crippen LogP contribution in [-0.2, 0) is 5.41 Å². The predicted molar refractivity (Wildman–Crippen MR) is 53.9 cm³/mol. The molecule has 0 bridgehead atoms. The van der Waals surface area contributed by atoms with Gasteiger partial charge in [-0.1, -0.05) is 20.8 Å². The molecule has 0 aliphatic rings. The molecule has 0 saturated carbocycles. The van der Waals surface area contributed by atoms with E-state index in [0.29, 0.717) is 11.8 Å². The first-order valence-electron chi connectivity index (χ1n) is 4.38. The maximum absolute atomic E-state index is 10.6. The van der Waals surface area contributed by atoms with Gasteiger partial charge in [0.1, 0.15) is 11.5 Å². The number of phenols is 2. The van der Waals surface area contributed by atoms with Crippen LogP contribution in [0.2, 0.25) is 0 Å². The largest absolute Gasteiger partial charge is 0.508 e. The van der Waals surface area contributed by atoms with Crippen molar-refractivity contribution in [2.24, 2.45) is 0 Å². The van der Waals surface area contributed by atoms with Gasteiger partial charge in [0.15, 0.2) is 6.29 Å². The van der Waals surface area contributed by atoms with Crippen LogP contribution in [0.25, 0.3) is 0 Å². The van der Waals surface area contributed by atoms with Crippen LogP contribution >= 0.6 is 0 Å². The van der Waals surface area contributed by atoms with Gasteiger partial charge in [-0.2, -0.15) is 0 Å². The van der Waals surface area contributed by atoms with Crippen molar-refractivity contribution in [2.75, 3.05) is 0 Å². The van der Waals surface area contributed by atoms with Crippen LogP contribution in [0.15, 0.2) is 12.1 Å². The Balaban J connectivity index is 3.44. The number of rotatable bonds is 1. The average molecular weight is 194 g/mol. The SMILES string of the molecule is CC(C)(C)c1cc(O)cc(C=O)c1O. The third kappa shape index (κ3) is 1.87. The van der Waals surface area contributed by atoms with Gasteiger partial charge in [0.25, 0.3) is 0 Å². The smallest absolute Gasteiger partial charge is 0.153 e. The summed E-state index contributed by atoms with van der Waals surface area (Å²) < 4.78 is 0. The number of carbonyl (C=O) groups is 1. The molecule has 3 heteroatoms. The van der Waals surface area contributed by atoms with Gasteiger partial charge in [-0.3, -0.25) is 4.79 Å². The topological polar surface area (TPSA) is 57.5 Å². The standard InChI is InChI=1S/C11H14O3/c1-11(2,3)9-5-8(13)4-7(6-12)10(9)14/h4-6,13-14H,1-3H3. The molecule has 0 spiro atoms. The van der Waals surface area contributed by atoms with E-state index in [1.807, 2.05) is 20.8 Å². The Morgan fingerprint density at radius 1 is 1.21 bits per heavy atom. The number of hydrogen-bond acceptors (Lipinski definition) is 3. The molecule has 0 unspecified atom stereocenters. The Bertz CT molecular complexity index is 362. The summed E-state index contributed by atoms with van der Waals surface area (Å²) in [4.78, 5) is 10.6. The van der Waals surface area contributed by atoms with E-state index in [0.717, 1.165) is 0 Å². The Hall–Kier alpha value is -1.51. The van der Waals surface area contributed by atoms with Crippen molar-refractivity contribution in [3.63, 3.8) is 0 Å². The lowest BCUT2D eigenvalue weighted by atomic mass is 9.85. The third-order valence-electron chi connectivity index (χ3n) is 2.06. The molecule has 3 nitrogen and oxygen atoms in total. The Labute approximate surface area is 83.0 Å². The van der Waals surface area contributed by atoms with Crippen LogP contribution in [0.4, 0.5) is 0 Å². The average Bonchev–Trinajstić information content (AvgIpc) is 2.06. The highest BCUT2D eigenvalue weighted by atomic mass is 16.3. The zero-order chi connectivity index (χ0) is 10.9. The van der Waals surface area contributed by atoms with Gasteiger partial charge in [-0.05, 0) is 17.5 Å². The van der Waals surface area contributed by atoms with E-state index in [-0.39, 0.29) is 22.5 Å². The number of phenolic OH excluding ortho intramolecular Hbond substituents is 2. The second kappa shape index (κ2) is 3.33. The minimum atomic E-state index is -0.305. The van der Waals surface area contributed by atoms with E-state index in [1.54, 1.807) is 0 Å². The van der Waals surface area contributed by atoms with Crippen LogP contribution in [0.3, 0.4) is 0 Å². The van der Waals surface area contributed by atoms with Crippen LogP contribution in [0.5, 0.6) is 11.5 Å². The highest BCUT2D eigenvalue weighted by molar-refractivity contribution is 5.81. The molecule has 1 aromatic carbocycles. The summed E-state index contributed by atoms with van der Waals surface area (Å²) in [5.41, 5.74) is 0.384. The molecule has 0 amide bonds. The summed E-state index contributed by atoms with van der Waals surface area (Å²) in [5.74, 6) is -0.0554. The molecule has 0 radical (unpaired) electrons. The summed E-state index contributed by atoms with van der Waals surface area (Å²) in [6.07, 6.45) is 0.532. The van der Waals surface area contributed by atoms with Crippen LogP contribution < -0.4 is 0 Å². The van der Waals surface area contributed by atoms with Crippen molar-refractivity contribution in [3.8, 4) is 11.5 Å². The van der Waals surface area contributed by atoms with Gasteiger partial charge < -0.3 is 10.2 Å². The Kier molecular flexibility index (Phi) is 2.51. The lowest BCUT2D eigenvalue weighted by Gasteiger charge is -2.21. The molecule has 1 rings (SSSR count). The highest BCUT2D eigenvalue weighted by Gasteiger charge is 2.21. The van der Waals surface area contributed by atoms with Crippen molar-refractivity contribution in [1.82, 2.24) is 0 Å². The van der Waals surface area contributed by atoms with E-state index >= 15 is 0 Å². The predicted octanol–water partition coefficient (Wildman–Crippen LogP) is 2.21. The molecule has 0 atom stereocenters. The molecule has 0 aliphatic heterocycles.